The summed E-state index contributed by atoms with van der Waals surface area (Å²) < 4.78 is 5.29. The Kier molecular flexibility index (Phi) is 3.53. The van der Waals surface area contributed by atoms with Crippen LogP contribution in [0.25, 0.3) is 0 Å². The lowest BCUT2D eigenvalue weighted by Gasteiger charge is -2.53. The van der Waals surface area contributed by atoms with E-state index in [1.807, 2.05) is 12.1 Å². The van der Waals surface area contributed by atoms with Crippen molar-refractivity contribution in [3.63, 3.8) is 0 Å². The number of ether oxygens (including phenoxy) is 1. The van der Waals surface area contributed by atoms with Gasteiger partial charge in [-0.05, 0) is 72.1 Å². The quantitative estimate of drug-likeness (QED) is 0.905. The first-order valence-corrected chi connectivity index (χ1v) is 7.87. The number of hydrogen-bond acceptors (Lipinski definition) is 2. The van der Waals surface area contributed by atoms with Gasteiger partial charge in [0.1, 0.15) is 5.75 Å². The maximum absolute atomic E-state index is 9.84. The fraction of sp³-hybridized carbons (Fsp3) is 0.667. The van der Waals surface area contributed by atoms with Crippen molar-refractivity contribution in [3.8, 4) is 5.75 Å². The Morgan fingerprint density at radius 3 is 2.95 bits per heavy atom. The Hall–Kier alpha value is -1.02. The first-order valence-electron chi connectivity index (χ1n) is 7.87. The lowest BCUT2D eigenvalue weighted by molar-refractivity contribution is 0.0465. The van der Waals surface area contributed by atoms with Gasteiger partial charge in [0.15, 0.2) is 0 Å². The van der Waals surface area contributed by atoms with Crippen LogP contribution in [-0.4, -0.2) is 18.8 Å². The van der Waals surface area contributed by atoms with Crippen LogP contribution in [0.15, 0.2) is 18.2 Å². The second-order valence-electron chi connectivity index (χ2n) is 7.00. The molecule has 1 aromatic carbocycles. The molecular formula is C18H26O2. The molecule has 1 fully saturated rings. The molecule has 0 saturated heterocycles. The van der Waals surface area contributed by atoms with Gasteiger partial charge in [0.05, 0.1) is 0 Å². The standard InChI is InChI=1S/C18H26O2/c1-12-16-10-14-4-5-15(19)11-17(14)18(12,2)8-6-13(16)7-9-20-3/h4-5,11-13,16,19H,6-10H2,1-3H3/t12-,13?,16+,18+/m0/s1. The summed E-state index contributed by atoms with van der Waals surface area (Å²) in [6, 6.07) is 6.00. The maximum atomic E-state index is 9.84. The average Bonchev–Trinajstić information content (AvgIpc) is 2.43. The SMILES string of the molecule is COCCC1CC[C@@]2(C)c3cc(O)ccc3C[C@@H]1[C@@H]2C. The minimum absolute atomic E-state index is 0.237. The summed E-state index contributed by atoms with van der Waals surface area (Å²) in [5, 5.41) is 9.84. The van der Waals surface area contributed by atoms with Gasteiger partial charge in [0.25, 0.3) is 0 Å². The molecule has 0 aromatic heterocycles. The molecule has 4 atom stereocenters. The van der Waals surface area contributed by atoms with Crippen molar-refractivity contribution in [2.24, 2.45) is 17.8 Å². The number of phenols is 1. The topological polar surface area (TPSA) is 29.5 Å². The molecule has 0 aliphatic heterocycles. The number of hydrogen-bond donors (Lipinski definition) is 1. The molecule has 1 N–H and O–H groups in total. The number of aromatic hydroxyl groups is 1. The summed E-state index contributed by atoms with van der Waals surface area (Å²) in [5.74, 6) is 2.66. The Bertz CT molecular complexity index is 496. The molecule has 2 nitrogen and oxygen atoms in total. The predicted octanol–water partition coefficient (Wildman–Crippen LogP) is 3.90. The fourth-order valence-electron chi connectivity index (χ4n) is 4.69. The highest BCUT2D eigenvalue weighted by Crippen LogP contribution is 2.55. The van der Waals surface area contributed by atoms with Crippen molar-refractivity contribution < 1.29 is 9.84 Å². The summed E-state index contributed by atoms with van der Waals surface area (Å²) >= 11 is 0. The number of methoxy groups -OCH3 is 1. The zero-order valence-corrected chi connectivity index (χ0v) is 12.9. The largest absolute Gasteiger partial charge is 0.508 e. The van der Waals surface area contributed by atoms with Gasteiger partial charge < -0.3 is 9.84 Å². The van der Waals surface area contributed by atoms with Gasteiger partial charge in [-0.2, -0.15) is 0 Å². The van der Waals surface area contributed by atoms with E-state index in [-0.39, 0.29) is 5.41 Å². The number of fused-ring (bicyclic) bond motifs is 4. The third-order valence-electron chi connectivity index (χ3n) is 6.14. The van der Waals surface area contributed by atoms with E-state index < -0.39 is 0 Å². The molecule has 110 valence electrons. The highest BCUT2D eigenvalue weighted by Gasteiger charge is 2.48. The van der Waals surface area contributed by atoms with E-state index in [1.165, 1.54) is 36.8 Å². The van der Waals surface area contributed by atoms with Gasteiger partial charge in [0.2, 0.25) is 0 Å². The molecule has 2 heteroatoms. The summed E-state index contributed by atoms with van der Waals surface area (Å²) in [7, 11) is 1.80. The molecule has 1 aromatic rings. The molecule has 2 aliphatic rings. The second-order valence-corrected chi connectivity index (χ2v) is 7.00. The van der Waals surface area contributed by atoms with Crippen LogP contribution in [0, 0.1) is 17.8 Å². The van der Waals surface area contributed by atoms with Crippen molar-refractivity contribution in [2.45, 2.75) is 44.9 Å². The van der Waals surface area contributed by atoms with Crippen molar-refractivity contribution in [1.29, 1.82) is 0 Å². The monoisotopic (exact) mass is 274 g/mol. The van der Waals surface area contributed by atoms with Crippen LogP contribution >= 0.6 is 0 Å². The van der Waals surface area contributed by atoms with Crippen LogP contribution in [0.1, 0.15) is 44.2 Å². The molecule has 0 radical (unpaired) electrons. The summed E-state index contributed by atoms with van der Waals surface area (Å²) in [5.41, 5.74) is 3.09. The minimum atomic E-state index is 0.237. The molecule has 0 amide bonds. The first-order chi connectivity index (χ1) is 9.56. The molecule has 20 heavy (non-hydrogen) atoms. The molecule has 2 bridgehead atoms. The van der Waals surface area contributed by atoms with E-state index in [1.54, 1.807) is 7.11 Å². The van der Waals surface area contributed by atoms with E-state index in [0.717, 1.165) is 18.4 Å². The third kappa shape index (κ3) is 2.05. The highest BCUT2D eigenvalue weighted by molar-refractivity contribution is 5.43. The number of phenolic OH excluding ortho intramolecular Hbond substituents is 1. The number of benzene rings is 1. The average molecular weight is 274 g/mol. The van der Waals surface area contributed by atoms with Gasteiger partial charge in [0, 0.05) is 13.7 Å². The zero-order valence-electron chi connectivity index (χ0n) is 12.9. The second kappa shape index (κ2) is 5.07. The third-order valence-corrected chi connectivity index (χ3v) is 6.14. The summed E-state index contributed by atoms with van der Waals surface area (Å²) in [4.78, 5) is 0. The van der Waals surface area contributed by atoms with Gasteiger partial charge in [-0.1, -0.05) is 19.9 Å². The number of rotatable bonds is 3. The predicted molar refractivity (Wildman–Crippen MR) is 81.0 cm³/mol. The maximum Gasteiger partial charge on any atom is 0.115 e. The zero-order chi connectivity index (χ0) is 14.3. The van der Waals surface area contributed by atoms with Crippen molar-refractivity contribution in [1.82, 2.24) is 0 Å². The Labute approximate surface area is 122 Å². The lowest BCUT2D eigenvalue weighted by atomic mass is 9.51. The summed E-state index contributed by atoms with van der Waals surface area (Å²) in [6.07, 6.45) is 4.88. The van der Waals surface area contributed by atoms with Crippen molar-refractivity contribution in [2.75, 3.05) is 13.7 Å². The van der Waals surface area contributed by atoms with E-state index in [2.05, 4.69) is 19.9 Å². The minimum Gasteiger partial charge on any atom is -0.508 e. The van der Waals surface area contributed by atoms with Crippen molar-refractivity contribution >= 4 is 0 Å². The van der Waals surface area contributed by atoms with Crippen molar-refractivity contribution in [3.05, 3.63) is 29.3 Å². The van der Waals surface area contributed by atoms with Crippen LogP contribution in [0.4, 0.5) is 0 Å². The molecule has 1 unspecified atom stereocenters. The fourth-order valence-corrected chi connectivity index (χ4v) is 4.69. The van der Waals surface area contributed by atoms with Crippen LogP contribution in [0.5, 0.6) is 5.75 Å². The Balaban J connectivity index is 1.95. The van der Waals surface area contributed by atoms with Gasteiger partial charge in [-0.3, -0.25) is 0 Å². The van der Waals surface area contributed by atoms with Gasteiger partial charge in [-0.25, -0.2) is 0 Å². The van der Waals surface area contributed by atoms with Crippen LogP contribution in [-0.2, 0) is 16.6 Å². The molecule has 3 rings (SSSR count). The Morgan fingerprint density at radius 2 is 2.20 bits per heavy atom. The summed E-state index contributed by atoms with van der Waals surface area (Å²) in [6.45, 7) is 5.69. The van der Waals surface area contributed by atoms with Crippen LogP contribution in [0.2, 0.25) is 0 Å². The molecular weight excluding hydrogens is 248 g/mol. The normalized spacial score (nSPS) is 35.6. The first kappa shape index (κ1) is 13.9. The lowest BCUT2D eigenvalue weighted by Crippen LogP contribution is -2.48. The molecule has 0 spiro atoms. The highest BCUT2D eigenvalue weighted by atomic mass is 16.5. The Morgan fingerprint density at radius 1 is 1.40 bits per heavy atom. The molecule has 1 saturated carbocycles. The molecule has 2 aliphatic carbocycles. The van der Waals surface area contributed by atoms with Gasteiger partial charge in [-0.15, -0.1) is 0 Å². The van der Waals surface area contributed by atoms with E-state index in [9.17, 15) is 5.11 Å². The van der Waals surface area contributed by atoms with E-state index >= 15 is 0 Å². The van der Waals surface area contributed by atoms with Crippen LogP contribution in [0.3, 0.4) is 0 Å². The smallest absolute Gasteiger partial charge is 0.115 e. The van der Waals surface area contributed by atoms with E-state index in [0.29, 0.717) is 11.7 Å². The van der Waals surface area contributed by atoms with Crippen LogP contribution < -0.4 is 0 Å². The van der Waals surface area contributed by atoms with Gasteiger partial charge >= 0.3 is 0 Å². The molecule has 0 heterocycles. The van der Waals surface area contributed by atoms with E-state index in [4.69, 9.17) is 4.74 Å².